The molecule has 5 nitrogen and oxygen atoms in total. The lowest BCUT2D eigenvalue weighted by Crippen LogP contribution is -2.33. The van der Waals surface area contributed by atoms with Gasteiger partial charge in [-0.2, -0.15) is 5.10 Å². The first-order valence-corrected chi connectivity index (χ1v) is 9.62. The SMILES string of the molecule is O=C(c1ccc(Cl)s1)N(CCn1cccn1)c1nc2ccccc2s1. The maximum Gasteiger partial charge on any atom is 0.270 e. The average Bonchev–Trinajstić information content (AvgIpc) is 3.34. The number of halogens is 1. The minimum absolute atomic E-state index is 0.0943. The fourth-order valence-corrected chi connectivity index (χ4v) is 4.44. The van der Waals surface area contributed by atoms with Crippen molar-refractivity contribution in [1.82, 2.24) is 14.8 Å². The molecule has 4 aromatic rings. The Bertz CT molecular complexity index is 976. The molecule has 0 saturated heterocycles. The molecule has 126 valence electrons. The van der Waals surface area contributed by atoms with Gasteiger partial charge in [-0.25, -0.2) is 4.98 Å². The lowest BCUT2D eigenvalue weighted by molar-refractivity contribution is 0.0989. The zero-order valence-corrected chi connectivity index (χ0v) is 15.4. The van der Waals surface area contributed by atoms with E-state index in [0.29, 0.717) is 27.4 Å². The van der Waals surface area contributed by atoms with Crippen molar-refractivity contribution in [3.8, 4) is 0 Å². The first-order valence-electron chi connectivity index (χ1n) is 7.61. The number of hydrogen-bond donors (Lipinski definition) is 0. The highest BCUT2D eigenvalue weighted by Gasteiger charge is 2.22. The van der Waals surface area contributed by atoms with Crippen molar-refractivity contribution >= 4 is 55.5 Å². The number of thiazole rings is 1. The van der Waals surface area contributed by atoms with Gasteiger partial charge in [0.2, 0.25) is 0 Å². The van der Waals surface area contributed by atoms with Crippen LogP contribution >= 0.6 is 34.3 Å². The average molecular weight is 389 g/mol. The molecule has 3 heterocycles. The van der Waals surface area contributed by atoms with Crippen LogP contribution in [0.25, 0.3) is 10.2 Å². The summed E-state index contributed by atoms with van der Waals surface area (Å²) in [4.78, 5) is 19.9. The highest BCUT2D eigenvalue weighted by Crippen LogP contribution is 2.31. The number of carbonyl (C=O) groups is 1. The first-order chi connectivity index (χ1) is 12.2. The van der Waals surface area contributed by atoms with Crippen LogP contribution in [-0.4, -0.2) is 27.2 Å². The van der Waals surface area contributed by atoms with Gasteiger partial charge in [0.1, 0.15) is 0 Å². The normalized spacial score (nSPS) is 11.1. The third kappa shape index (κ3) is 3.44. The second-order valence-electron chi connectivity index (χ2n) is 5.29. The number of anilines is 1. The fraction of sp³-hybridized carbons (Fsp3) is 0.118. The van der Waals surface area contributed by atoms with E-state index in [1.54, 1.807) is 27.9 Å². The third-order valence-electron chi connectivity index (χ3n) is 3.65. The van der Waals surface area contributed by atoms with Gasteiger partial charge in [0.05, 0.1) is 26.0 Å². The van der Waals surface area contributed by atoms with Crippen LogP contribution in [0.15, 0.2) is 54.9 Å². The Balaban J connectivity index is 1.67. The van der Waals surface area contributed by atoms with Gasteiger partial charge in [-0.1, -0.05) is 35.1 Å². The summed E-state index contributed by atoms with van der Waals surface area (Å²) in [5.41, 5.74) is 0.892. The van der Waals surface area contributed by atoms with Gasteiger partial charge in [-0.3, -0.25) is 14.4 Å². The summed E-state index contributed by atoms with van der Waals surface area (Å²) in [5.74, 6) is -0.0943. The molecule has 0 saturated carbocycles. The van der Waals surface area contributed by atoms with Crippen molar-refractivity contribution in [3.63, 3.8) is 0 Å². The quantitative estimate of drug-likeness (QED) is 0.503. The number of rotatable bonds is 5. The van der Waals surface area contributed by atoms with Crippen molar-refractivity contribution in [2.75, 3.05) is 11.4 Å². The van der Waals surface area contributed by atoms with Gasteiger partial charge < -0.3 is 0 Å². The van der Waals surface area contributed by atoms with Crippen molar-refractivity contribution in [2.24, 2.45) is 0 Å². The molecule has 0 aliphatic carbocycles. The Morgan fingerprint density at radius 2 is 2.04 bits per heavy atom. The summed E-state index contributed by atoms with van der Waals surface area (Å²) in [6, 6.07) is 13.2. The molecular weight excluding hydrogens is 376 g/mol. The van der Waals surface area contributed by atoms with E-state index in [0.717, 1.165) is 10.2 Å². The second kappa shape index (κ2) is 6.95. The Hall–Kier alpha value is -2.22. The highest BCUT2D eigenvalue weighted by molar-refractivity contribution is 7.22. The van der Waals surface area contributed by atoms with Crippen LogP contribution in [0.5, 0.6) is 0 Å². The number of nitrogens with zero attached hydrogens (tertiary/aromatic N) is 4. The first kappa shape index (κ1) is 16.3. The molecule has 4 rings (SSSR count). The maximum atomic E-state index is 13.0. The van der Waals surface area contributed by atoms with Crippen molar-refractivity contribution < 1.29 is 4.79 Å². The lowest BCUT2D eigenvalue weighted by Gasteiger charge is -2.19. The van der Waals surface area contributed by atoms with Gasteiger partial charge in [0.25, 0.3) is 5.91 Å². The fourth-order valence-electron chi connectivity index (χ4n) is 2.46. The predicted octanol–water partition coefficient (Wildman–Crippen LogP) is 4.55. The van der Waals surface area contributed by atoms with E-state index in [2.05, 4.69) is 10.1 Å². The highest BCUT2D eigenvalue weighted by atomic mass is 35.5. The molecule has 0 unspecified atom stereocenters. The zero-order chi connectivity index (χ0) is 17.2. The Kier molecular flexibility index (Phi) is 4.52. The molecule has 3 aromatic heterocycles. The number of thiophene rings is 1. The van der Waals surface area contributed by atoms with E-state index in [9.17, 15) is 4.79 Å². The van der Waals surface area contributed by atoms with Crippen LogP contribution in [0.3, 0.4) is 0 Å². The standard InChI is InChI=1S/C17H13ClN4OS2/c18-15-7-6-14(24-15)16(23)22(11-10-21-9-3-8-19-21)17-20-12-4-1-2-5-13(12)25-17/h1-9H,10-11H2. The molecule has 0 atom stereocenters. The molecule has 0 spiro atoms. The minimum atomic E-state index is -0.0943. The molecule has 25 heavy (non-hydrogen) atoms. The van der Waals surface area contributed by atoms with Crippen molar-refractivity contribution in [3.05, 3.63) is 64.1 Å². The molecule has 1 aromatic carbocycles. The van der Waals surface area contributed by atoms with Gasteiger partial charge in [-0.15, -0.1) is 11.3 Å². The molecule has 8 heteroatoms. The molecule has 1 amide bonds. The second-order valence-corrected chi connectivity index (χ2v) is 8.02. The van der Waals surface area contributed by atoms with Crippen LogP contribution in [0.1, 0.15) is 9.67 Å². The lowest BCUT2D eigenvalue weighted by atomic mass is 10.3. The van der Waals surface area contributed by atoms with Crippen LogP contribution in [0, 0.1) is 0 Å². The predicted molar refractivity (Wildman–Crippen MR) is 103 cm³/mol. The maximum absolute atomic E-state index is 13.0. The number of benzene rings is 1. The molecule has 0 aliphatic rings. The van der Waals surface area contributed by atoms with E-state index in [1.807, 2.05) is 36.5 Å². The third-order valence-corrected chi connectivity index (χ3v) is 5.93. The van der Waals surface area contributed by atoms with Crippen molar-refractivity contribution in [1.29, 1.82) is 0 Å². The summed E-state index contributed by atoms with van der Waals surface area (Å²) in [6.45, 7) is 1.07. The number of carbonyl (C=O) groups excluding carboxylic acids is 1. The van der Waals surface area contributed by atoms with Crippen LogP contribution < -0.4 is 4.90 Å². The summed E-state index contributed by atoms with van der Waals surface area (Å²) in [7, 11) is 0. The number of fused-ring (bicyclic) bond motifs is 1. The summed E-state index contributed by atoms with van der Waals surface area (Å²) in [5, 5.41) is 4.89. The minimum Gasteiger partial charge on any atom is -0.281 e. The van der Waals surface area contributed by atoms with E-state index < -0.39 is 0 Å². The van der Waals surface area contributed by atoms with E-state index >= 15 is 0 Å². The molecule has 0 bridgehead atoms. The van der Waals surface area contributed by atoms with Gasteiger partial charge in [0.15, 0.2) is 5.13 Å². The Morgan fingerprint density at radius 3 is 2.76 bits per heavy atom. The van der Waals surface area contributed by atoms with E-state index in [1.165, 1.54) is 22.7 Å². The molecular formula is C17H13ClN4OS2. The van der Waals surface area contributed by atoms with E-state index in [-0.39, 0.29) is 5.91 Å². The van der Waals surface area contributed by atoms with Crippen molar-refractivity contribution in [2.45, 2.75) is 6.54 Å². The molecule has 0 aliphatic heterocycles. The Labute approximate surface area is 157 Å². The molecule has 0 N–H and O–H groups in total. The van der Waals surface area contributed by atoms with Crippen LogP contribution in [0.4, 0.5) is 5.13 Å². The monoisotopic (exact) mass is 388 g/mol. The summed E-state index contributed by atoms with van der Waals surface area (Å²) in [6.07, 6.45) is 3.60. The smallest absolute Gasteiger partial charge is 0.270 e. The van der Waals surface area contributed by atoms with Crippen LogP contribution in [-0.2, 0) is 6.54 Å². The number of amides is 1. The number of hydrogen-bond acceptors (Lipinski definition) is 5. The number of para-hydroxylation sites is 1. The molecule has 0 radical (unpaired) electrons. The number of aromatic nitrogens is 3. The van der Waals surface area contributed by atoms with E-state index in [4.69, 9.17) is 11.6 Å². The Morgan fingerprint density at radius 1 is 1.16 bits per heavy atom. The topological polar surface area (TPSA) is 51.0 Å². The summed E-state index contributed by atoms with van der Waals surface area (Å²) >= 11 is 8.78. The van der Waals surface area contributed by atoms with Gasteiger partial charge in [0, 0.05) is 18.9 Å². The van der Waals surface area contributed by atoms with Gasteiger partial charge in [-0.05, 0) is 30.3 Å². The molecule has 0 fully saturated rings. The zero-order valence-electron chi connectivity index (χ0n) is 13.0. The van der Waals surface area contributed by atoms with Crippen LogP contribution in [0.2, 0.25) is 4.34 Å². The summed E-state index contributed by atoms with van der Waals surface area (Å²) < 4.78 is 3.45. The largest absolute Gasteiger partial charge is 0.281 e. The van der Waals surface area contributed by atoms with Gasteiger partial charge >= 0.3 is 0 Å².